The van der Waals surface area contributed by atoms with Gasteiger partial charge in [-0.3, -0.25) is 4.79 Å². The summed E-state index contributed by atoms with van der Waals surface area (Å²) in [4.78, 5) is 14.8. The summed E-state index contributed by atoms with van der Waals surface area (Å²) in [6.45, 7) is 6.05. The molecule has 1 amide bonds. The van der Waals surface area contributed by atoms with E-state index in [2.05, 4.69) is 18.9 Å². The number of rotatable bonds is 4. The number of hydrogen-bond acceptors (Lipinski definition) is 2. The molecular formula is C17H20ClN3O. The molecule has 1 aromatic carbocycles. The first-order valence-corrected chi connectivity index (χ1v) is 8.00. The lowest BCUT2D eigenvalue weighted by molar-refractivity contribution is 0.0689. The summed E-state index contributed by atoms with van der Waals surface area (Å²) in [6.07, 6.45) is 3.87. The molecule has 1 aromatic heterocycles. The van der Waals surface area contributed by atoms with Gasteiger partial charge in [0.05, 0.1) is 23.1 Å². The Morgan fingerprint density at radius 2 is 2.14 bits per heavy atom. The number of carbonyl (C=O) groups excluding carboxylic acids is 1. The maximum Gasteiger partial charge on any atom is 0.257 e. The number of benzene rings is 1. The molecular weight excluding hydrogens is 298 g/mol. The van der Waals surface area contributed by atoms with E-state index in [1.54, 1.807) is 10.9 Å². The molecule has 4 nitrogen and oxygen atoms in total. The molecule has 1 fully saturated rings. The van der Waals surface area contributed by atoms with Gasteiger partial charge in [0.25, 0.3) is 5.91 Å². The van der Waals surface area contributed by atoms with Gasteiger partial charge in [0.15, 0.2) is 0 Å². The molecule has 22 heavy (non-hydrogen) atoms. The van der Waals surface area contributed by atoms with Crippen LogP contribution in [-0.4, -0.2) is 32.7 Å². The van der Waals surface area contributed by atoms with Gasteiger partial charge < -0.3 is 4.90 Å². The highest BCUT2D eigenvalue weighted by molar-refractivity contribution is 6.30. The van der Waals surface area contributed by atoms with E-state index in [-0.39, 0.29) is 11.9 Å². The average molecular weight is 318 g/mol. The summed E-state index contributed by atoms with van der Waals surface area (Å²) < 4.78 is 1.77. The quantitative estimate of drug-likeness (QED) is 0.859. The molecule has 0 unspecified atom stereocenters. The lowest BCUT2D eigenvalue weighted by atomic mass is 10.2. The van der Waals surface area contributed by atoms with Gasteiger partial charge in [-0.1, -0.05) is 17.7 Å². The van der Waals surface area contributed by atoms with E-state index in [4.69, 9.17) is 11.6 Å². The molecule has 0 spiro atoms. The Labute approximate surface area is 135 Å². The van der Waals surface area contributed by atoms with Crippen LogP contribution in [-0.2, 0) is 0 Å². The summed E-state index contributed by atoms with van der Waals surface area (Å²) in [5, 5.41) is 5.03. The van der Waals surface area contributed by atoms with Crippen LogP contribution in [0.25, 0.3) is 5.69 Å². The van der Waals surface area contributed by atoms with Crippen molar-refractivity contribution in [2.75, 3.05) is 0 Å². The fourth-order valence-corrected chi connectivity index (χ4v) is 2.99. The van der Waals surface area contributed by atoms with Crippen molar-refractivity contribution in [1.29, 1.82) is 0 Å². The normalized spacial score (nSPS) is 14.4. The highest BCUT2D eigenvalue weighted by Crippen LogP contribution is 2.30. The zero-order chi connectivity index (χ0) is 15.9. The van der Waals surface area contributed by atoms with Crippen LogP contribution in [0.1, 0.15) is 42.7 Å². The Hall–Kier alpha value is -1.81. The number of aromatic nitrogens is 2. The van der Waals surface area contributed by atoms with Crippen LogP contribution in [0.2, 0.25) is 5.02 Å². The Balaban J connectivity index is 1.94. The maximum atomic E-state index is 12.8. The van der Waals surface area contributed by atoms with Crippen LogP contribution >= 0.6 is 11.6 Å². The van der Waals surface area contributed by atoms with Crippen molar-refractivity contribution in [3.05, 3.63) is 46.7 Å². The van der Waals surface area contributed by atoms with Crippen LogP contribution in [0, 0.1) is 6.92 Å². The second-order valence-electron chi connectivity index (χ2n) is 6.07. The van der Waals surface area contributed by atoms with Gasteiger partial charge in [0, 0.05) is 17.1 Å². The lowest BCUT2D eigenvalue weighted by Crippen LogP contribution is -2.38. The molecule has 1 saturated carbocycles. The standard InChI is InChI=1S/C17H20ClN3O/c1-11(2)20(14-7-8-14)17(22)16-10-19-21(12(16)3)15-6-4-5-13(18)9-15/h4-6,9-11,14H,7-8H2,1-3H3. The Morgan fingerprint density at radius 1 is 1.41 bits per heavy atom. The van der Waals surface area contributed by atoms with Gasteiger partial charge in [-0.15, -0.1) is 0 Å². The molecule has 116 valence electrons. The summed E-state index contributed by atoms with van der Waals surface area (Å²) in [5.41, 5.74) is 2.38. The van der Waals surface area contributed by atoms with E-state index in [1.165, 1.54) is 0 Å². The van der Waals surface area contributed by atoms with Gasteiger partial charge in [0.1, 0.15) is 0 Å². The number of amides is 1. The maximum absolute atomic E-state index is 12.8. The van der Waals surface area contributed by atoms with Crippen molar-refractivity contribution in [3.8, 4) is 5.69 Å². The first-order chi connectivity index (χ1) is 10.5. The number of halogens is 1. The molecule has 1 aliphatic carbocycles. The average Bonchev–Trinajstić information content (AvgIpc) is 3.20. The minimum atomic E-state index is 0.0725. The first kappa shape index (κ1) is 15.1. The molecule has 0 N–H and O–H groups in total. The third-order valence-corrected chi connectivity index (χ3v) is 4.26. The predicted molar refractivity (Wildman–Crippen MR) is 87.6 cm³/mol. The van der Waals surface area contributed by atoms with E-state index in [9.17, 15) is 4.79 Å². The van der Waals surface area contributed by atoms with Gasteiger partial charge in [-0.2, -0.15) is 5.10 Å². The van der Waals surface area contributed by atoms with E-state index >= 15 is 0 Å². The van der Waals surface area contributed by atoms with Crippen molar-refractivity contribution in [1.82, 2.24) is 14.7 Å². The molecule has 1 aliphatic rings. The van der Waals surface area contributed by atoms with Crippen LogP contribution in [0.4, 0.5) is 0 Å². The van der Waals surface area contributed by atoms with Gasteiger partial charge in [-0.25, -0.2) is 4.68 Å². The van der Waals surface area contributed by atoms with E-state index in [1.807, 2.05) is 36.1 Å². The smallest absolute Gasteiger partial charge is 0.257 e. The summed E-state index contributed by atoms with van der Waals surface area (Å²) in [6, 6.07) is 8.07. The molecule has 2 aromatic rings. The lowest BCUT2D eigenvalue weighted by Gasteiger charge is -2.26. The second kappa shape index (κ2) is 5.76. The highest BCUT2D eigenvalue weighted by atomic mass is 35.5. The van der Waals surface area contributed by atoms with Crippen LogP contribution in [0.3, 0.4) is 0 Å². The molecule has 0 atom stereocenters. The molecule has 0 aliphatic heterocycles. The fourth-order valence-electron chi connectivity index (χ4n) is 2.80. The largest absolute Gasteiger partial charge is 0.333 e. The van der Waals surface area contributed by atoms with Crippen LogP contribution in [0.5, 0.6) is 0 Å². The number of nitrogens with zero attached hydrogens (tertiary/aromatic N) is 3. The third kappa shape index (κ3) is 2.75. The number of carbonyl (C=O) groups is 1. The van der Waals surface area contributed by atoms with Crippen LogP contribution < -0.4 is 0 Å². The van der Waals surface area contributed by atoms with E-state index < -0.39 is 0 Å². The van der Waals surface area contributed by atoms with Crippen molar-refractivity contribution in [2.45, 2.75) is 45.7 Å². The topological polar surface area (TPSA) is 38.1 Å². The molecule has 3 rings (SSSR count). The molecule has 0 radical (unpaired) electrons. The van der Waals surface area contributed by atoms with Crippen molar-refractivity contribution < 1.29 is 4.79 Å². The Kier molecular flexibility index (Phi) is 3.96. The monoisotopic (exact) mass is 317 g/mol. The summed E-state index contributed by atoms with van der Waals surface area (Å²) >= 11 is 6.04. The zero-order valence-electron chi connectivity index (χ0n) is 13.1. The highest BCUT2D eigenvalue weighted by Gasteiger charge is 2.35. The van der Waals surface area contributed by atoms with Gasteiger partial charge >= 0.3 is 0 Å². The van der Waals surface area contributed by atoms with Crippen molar-refractivity contribution in [3.63, 3.8) is 0 Å². The summed E-state index contributed by atoms with van der Waals surface area (Å²) in [7, 11) is 0. The first-order valence-electron chi connectivity index (χ1n) is 7.62. The van der Waals surface area contributed by atoms with E-state index in [0.717, 1.165) is 24.2 Å². The minimum absolute atomic E-state index is 0.0725. The summed E-state index contributed by atoms with van der Waals surface area (Å²) in [5.74, 6) is 0.0725. The molecule has 0 saturated heterocycles. The van der Waals surface area contributed by atoms with Gasteiger partial charge in [-0.05, 0) is 51.8 Å². The molecule has 5 heteroatoms. The molecule has 0 bridgehead atoms. The Morgan fingerprint density at radius 3 is 2.73 bits per heavy atom. The third-order valence-electron chi connectivity index (χ3n) is 4.02. The minimum Gasteiger partial charge on any atom is -0.333 e. The fraction of sp³-hybridized carbons (Fsp3) is 0.412. The molecule has 1 heterocycles. The zero-order valence-corrected chi connectivity index (χ0v) is 13.8. The predicted octanol–water partition coefficient (Wildman–Crippen LogP) is 3.85. The second-order valence-corrected chi connectivity index (χ2v) is 6.51. The van der Waals surface area contributed by atoms with E-state index in [0.29, 0.717) is 16.6 Å². The Bertz CT molecular complexity index is 702. The number of hydrogen-bond donors (Lipinski definition) is 0. The van der Waals surface area contributed by atoms with Gasteiger partial charge in [0.2, 0.25) is 0 Å². The SMILES string of the molecule is Cc1c(C(=O)N(C(C)C)C2CC2)cnn1-c1cccc(Cl)c1. The van der Waals surface area contributed by atoms with Crippen molar-refractivity contribution in [2.24, 2.45) is 0 Å². The van der Waals surface area contributed by atoms with Crippen molar-refractivity contribution >= 4 is 17.5 Å². The van der Waals surface area contributed by atoms with Crippen LogP contribution in [0.15, 0.2) is 30.5 Å².